The topological polar surface area (TPSA) is 54.7 Å². The molecule has 146 valence electrons. The fourth-order valence-electron chi connectivity index (χ4n) is 3.66. The van der Waals surface area contributed by atoms with Crippen LogP contribution in [-0.2, 0) is 18.2 Å². The third-order valence-corrected chi connectivity index (χ3v) is 5.27. The van der Waals surface area contributed by atoms with E-state index in [9.17, 15) is 0 Å². The number of halogens is 1. The molecule has 1 aliphatic heterocycles. The van der Waals surface area contributed by atoms with Crippen molar-refractivity contribution in [2.24, 2.45) is 18.0 Å². The van der Waals surface area contributed by atoms with E-state index in [2.05, 4.69) is 26.5 Å². The molecular formula is C20H28ClN5O. The van der Waals surface area contributed by atoms with Gasteiger partial charge in [-0.3, -0.25) is 9.67 Å². The molecule has 6 nitrogen and oxygen atoms in total. The molecule has 1 aromatic heterocycles. The first kappa shape index (κ1) is 19.7. The number of ether oxygens (including phenoxy) is 1. The zero-order chi connectivity index (χ0) is 19.2. The highest BCUT2D eigenvalue weighted by Gasteiger charge is 2.25. The number of guanidine groups is 1. The fourth-order valence-corrected chi connectivity index (χ4v) is 3.86. The van der Waals surface area contributed by atoms with Crippen LogP contribution in [-0.4, -0.2) is 54.4 Å². The fraction of sp³-hybridized carbons (Fsp3) is 0.500. The first-order chi connectivity index (χ1) is 13.1. The lowest BCUT2D eigenvalue weighted by atomic mass is 10.0. The van der Waals surface area contributed by atoms with Gasteiger partial charge in [-0.2, -0.15) is 5.10 Å². The lowest BCUT2D eigenvalue weighted by Crippen LogP contribution is -2.42. The van der Waals surface area contributed by atoms with Gasteiger partial charge >= 0.3 is 0 Å². The number of hydrogen-bond donors (Lipinski definition) is 1. The summed E-state index contributed by atoms with van der Waals surface area (Å²) in [6.07, 6.45) is 6.21. The summed E-state index contributed by atoms with van der Waals surface area (Å²) in [5, 5.41) is 8.45. The number of aliphatic imine (C=N–C) groups is 1. The number of benzene rings is 1. The van der Waals surface area contributed by atoms with Crippen molar-refractivity contribution in [3.05, 3.63) is 52.8 Å². The molecule has 1 aliphatic rings. The Labute approximate surface area is 166 Å². The zero-order valence-electron chi connectivity index (χ0n) is 16.2. The van der Waals surface area contributed by atoms with Crippen LogP contribution in [0.5, 0.6) is 0 Å². The van der Waals surface area contributed by atoms with Gasteiger partial charge in [-0.05, 0) is 42.0 Å². The Bertz CT molecular complexity index is 775. The minimum atomic E-state index is -0.0748. The van der Waals surface area contributed by atoms with E-state index in [-0.39, 0.29) is 6.10 Å². The minimum Gasteiger partial charge on any atom is -0.375 e. The predicted molar refractivity (Wildman–Crippen MR) is 109 cm³/mol. The second-order valence-corrected chi connectivity index (χ2v) is 7.47. The highest BCUT2D eigenvalue weighted by atomic mass is 35.5. The van der Waals surface area contributed by atoms with Crippen molar-refractivity contribution in [1.29, 1.82) is 0 Å². The molecule has 0 radical (unpaired) electrons. The Balaban J connectivity index is 1.54. The minimum absolute atomic E-state index is 0.0748. The number of hydrogen-bond acceptors (Lipinski definition) is 3. The van der Waals surface area contributed by atoms with E-state index in [4.69, 9.17) is 16.3 Å². The van der Waals surface area contributed by atoms with Crippen molar-refractivity contribution in [1.82, 2.24) is 20.0 Å². The van der Waals surface area contributed by atoms with Gasteiger partial charge in [0.2, 0.25) is 0 Å². The normalized spacial score (nSPS) is 18.7. The summed E-state index contributed by atoms with van der Waals surface area (Å²) in [7, 11) is 5.51. The van der Waals surface area contributed by atoms with E-state index in [1.165, 1.54) is 5.56 Å². The van der Waals surface area contributed by atoms with Crippen molar-refractivity contribution >= 4 is 17.6 Å². The van der Waals surface area contributed by atoms with Crippen LogP contribution in [0.1, 0.15) is 23.7 Å². The molecule has 2 unspecified atom stereocenters. The molecule has 2 atom stereocenters. The van der Waals surface area contributed by atoms with Gasteiger partial charge < -0.3 is 15.0 Å². The first-order valence-corrected chi connectivity index (χ1v) is 9.68. The molecule has 27 heavy (non-hydrogen) atoms. The standard InChI is InChI=1S/C20H28ClN5O/c1-22-20(23-12-19(27-3)17-5-4-6-18(21)10-17)26-8-7-15(14-26)9-16-11-24-25(2)13-16/h4-6,10-11,13,15,19H,7-9,12,14H2,1-3H3,(H,22,23). The van der Waals surface area contributed by atoms with Crippen LogP contribution >= 0.6 is 11.6 Å². The van der Waals surface area contributed by atoms with Gasteiger partial charge in [0, 0.05) is 52.1 Å². The van der Waals surface area contributed by atoms with Crippen LogP contribution in [0.2, 0.25) is 5.02 Å². The monoisotopic (exact) mass is 389 g/mol. The number of methoxy groups -OCH3 is 1. The second kappa shape index (κ2) is 9.24. The first-order valence-electron chi connectivity index (χ1n) is 9.30. The maximum absolute atomic E-state index is 6.11. The molecule has 0 aliphatic carbocycles. The van der Waals surface area contributed by atoms with Crippen LogP contribution < -0.4 is 5.32 Å². The number of aryl methyl sites for hydroxylation is 1. The smallest absolute Gasteiger partial charge is 0.193 e. The van der Waals surface area contributed by atoms with Crippen molar-refractivity contribution < 1.29 is 4.74 Å². The van der Waals surface area contributed by atoms with Crippen molar-refractivity contribution in [2.75, 3.05) is 33.8 Å². The summed E-state index contributed by atoms with van der Waals surface area (Å²) >= 11 is 6.11. The van der Waals surface area contributed by atoms with Crippen LogP contribution in [0, 0.1) is 5.92 Å². The molecule has 2 heterocycles. The average Bonchev–Trinajstić information content (AvgIpc) is 3.28. The molecule has 1 N–H and O–H groups in total. The third-order valence-electron chi connectivity index (χ3n) is 5.03. The number of likely N-dealkylation sites (tertiary alicyclic amines) is 1. The van der Waals surface area contributed by atoms with Crippen molar-refractivity contribution in [2.45, 2.75) is 18.9 Å². The third kappa shape index (κ3) is 5.23. The molecule has 0 amide bonds. The molecular weight excluding hydrogens is 362 g/mol. The van der Waals surface area contributed by atoms with Gasteiger partial charge in [0.25, 0.3) is 0 Å². The zero-order valence-corrected chi connectivity index (χ0v) is 17.0. The van der Waals surface area contributed by atoms with Gasteiger partial charge in [0.15, 0.2) is 5.96 Å². The molecule has 2 aromatic rings. The number of rotatable bonds is 6. The van der Waals surface area contributed by atoms with E-state index in [0.717, 1.165) is 42.5 Å². The largest absolute Gasteiger partial charge is 0.375 e. The Kier molecular flexibility index (Phi) is 6.74. The van der Waals surface area contributed by atoms with Crippen molar-refractivity contribution in [3.63, 3.8) is 0 Å². The predicted octanol–water partition coefficient (Wildman–Crippen LogP) is 2.90. The van der Waals surface area contributed by atoms with Crippen LogP contribution in [0.4, 0.5) is 0 Å². The van der Waals surface area contributed by atoms with Crippen LogP contribution in [0.25, 0.3) is 0 Å². The summed E-state index contributed by atoms with van der Waals surface area (Å²) in [6, 6.07) is 7.79. The summed E-state index contributed by atoms with van der Waals surface area (Å²) in [4.78, 5) is 6.79. The Morgan fingerprint density at radius 1 is 1.48 bits per heavy atom. The van der Waals surface area contributed by atoms with Crippen LogP contribution in [0.3, 0.4) is 0 Å². The van der Waals surface area contributed by atoms with E-state index >= 15 is 0 Å². The van der Waals surface area contributed by atoms with E-state index in [1.807, 2.05) is 49.2 Å². The number of aromatic nitrogens is 2. The van der Waals surface area contributed by atoms with Gasteiger partial charge in [-0.25, -0.2) is 0 Å². The maximum Gasteiger partial charge on any atom is 0.193 e. The van der Waals surface area contributed by atoms with E-state index in [0.29, 0.717) is 12.5 Å². The Morgan fingerprint density at radius 2 is 2.33 bits per heavy atom. The second-order valence-electron chi connectivity index (χ2n) is 7.03. The molecule has 0 saturated carbocycles. The maximum atomic E-state index is 6.11. The molecule has 0 bridgehead atoms. The Hall–Kier alpha value is -2.05. The highest BCUT2D eigenvalue weighted by molar-refractivity contribution is 6.30. The lowest BCUT2D eigenvalue weighted by Gasteiger charge is -2.24. The average molecular weight is 390 g/mol. The summed E-state index contributed by atoms with van der Waals surface area (Å²) < 4.78 is 7.51. The molecule has 7 heteroatoms. The molecule has 1 saturated heterocycles. The van der Waals surface area contributed by atoms with Gasteiger partial charge in [-0.1, -0.05) is 23.7 Å². The summed E-state index contributed by atoms with van der Waals surface area (Å²) in [6.45, 7) is 2.66. The SMILES string of the molecule is CN=C(NCC(OC)c1cccc(Cl)c1)N1CCC(Cc2cnn(C)c2)C1. The quantitative estimate of drug-likeness (QED) is 0.609. The number of nitrogens with one attached hydrogen (secondary N) is 1. The van der Waals surface area contributed by atoms with Gasteiger partial charge in [-0.15, -0.1) is 0 Å². The van der Waals surface area contributed by atoms with E-state index in [1.54, 1.807) is 7.11 Å². The van der Waals surface area contributed by atoms with E-state index < -0.39 is 0 Å². The molecule has 3 rings (SSSR count). The van der Waals surface area contributed by atoms with Crippen molar-refractivity contribution in [3.8, 4) is 0 Å². The number of nitrogens with zero attached hydrogens (tertiary/aromatic N) is 4. The highest BCUT2D eigenvalue weighted by Crippen LogP contribution is 2.22. The molecule has 1 fully saturated rings. The summed E-state index contributed by atoms with van der Waals surface area (Å²) in [5.41, 5.74) is 2.36. The van der Waals surface area contributed by atoms with Crippen LogP contribution in [0.15, 0.2) is 41.7 Å². The Morgan fingerprint density at radius 3 is 3.00 bits per heavy atom. The van der Waals surface area contributed by atoms with Gasteiger partial charge in [0.05, 0.1) is 12.3 Å². The summed E-state index contributed by atoms with van der Waals surface area (Å²) in [5.74, 6) is 1.55. The molecule has 0 spiro atoms. The molecule has 1 aromatic carbocycles. The van der Waals surface area contributed by atoms with Gasteiger partial charge in [0.1, 0.15) is 0 Å². The lowest BCUT2D eigenvalue weighted by molar-refractivity contribution is 0.106.